The van der Waals surface area contributed by atoms with E-state index < -0.39 is 11.7 Å². The van der Waals surface area contributed by atoms with Gasteiger partial charge in [-0.2, -0.15) is 13.2 Å². The van der Waals surface area contributed by atoms with Crippen molar-refractivity contribution in [3.05, 3.63) is 28.8 Å². The molecule has 1 N–H and O–H groups in total. The van der Waals surface area contributed by atoms with Gasteiger partial charge in [-0.25, -0.2) is 0 Å². The van der Waals surface area contributed by atoms with Crippen LogP contribution >= 0.6 is 0 Å². The maximum Gasteiger partial charge on any atom is 0.416 e. The van der Waals surface area contributed by atoms with Gasteiger partial charge in [0.05, 0.1) is 5.56 Å². The van der Waals surface area contributed by atoms with Crippen molar-refractivity contribution < 1.29 is 13.2 Å². The van der Waals surface area contributed by atoms with Crippen LogP contribution < -0.4 is 5.32 Å². The summed E-state index contributed by atoms with van der Waals surface area (Å²) in [5.41, 5.74) is 1.84. The topological polar surface area (TPSA) is 12.0 Å². The second-order valence-electron chi connectivity index (χ2n) is 3.85. The van der Waals surface area contributed by atoms with E-state index in [9.17, 15) is 13.2 Å². The number of rotatable bonds is 0. The molecule has 15 heavy (non-hydrogen) atoms. The van der Waals surface area contributed by atoms with Gasteiger partial charge in [0, 0.05) is 12.2 Å². The maximum absolute atomic E-state index is 12.5. The number of alkyl halides is 3. The van der Waals surface area contributed by atoms with E-state index in [0.717, 1.165) is 30.5 Å². The van der Waals surface area contributed by atoms with Gasteiger partial charge in [-0.3, -0.25) is 0 Å². The van der Waals surface area contributed by atoms with Crippen LogP contribution in [0, 0.1) is 6.92 Å². The third-order valence-electron chi connectivity index (χ3n) is 2.72. The molecular weight excluding hydrogens is 203 g/mol. The number of aryl methyl sites for hydroxylation is 1. The minimum absolute atomic E-state index is 0.562. The van der Waals surface area contributed by atoms with Crippen LogP contribution in [-0.4, -0.2) is 6.54 Å². The van der Waals surface area contributed by atoms with Crippen molar-refractivity contribution in [2.75, 3.05) is 11.9 Å². The van der Waals surface area contributed by atoms with Gasteiger partial charge in [0.25, 0.3) is 0 Å². The summed E-state index contributed by atoms with van der Waals surface area (Å²) in [5, 5.41) is 3.02. The number of anilines is 1. The summed E-state index contributed by atoms with van der Waals surface area (Å²) in [7, 11) is 0. The summed E-state index contributed by atoms with van der Waals surface area (Å²) in [6.45, 7) is 2.49. The van der Waals surface area contributed by atoms with E-state index in [-0.39, 0.29) is 0 Å². The Bertz CT molecular complexity index is 382. The Balaban J connectivity index is 2.50. The Kier molecular flexibility index (Phi) is 2.37. The summed E-state index contributed by atoms with van der Waals surface area (Å²) >= 11 is 0. The fourth-order valence-electron chi connectivity index (χ4n) is 1.96. The first-order chi connectivity index (χ1) is 6.98. The second-order valence-corrected chi connectivity index (χ2v) is 3.85. The molecule has 0 aromatic heterocycles. The summed E-state index contributed by atoms with van der Waals surface area (Å²) < 4.78 is 37.5. The van der Waals surface area contributed by atoms with Gasteiger partial charge in [-0.05, 0) is 43.0 Å². The first kappa shape index (κ1) is 10.3. The van der Waals surface area contributed by atoms with Gasteiger partial charge < -0.3 is 5.32 Å². The molecule has 0 atom stereocenters. The molecular formula is C11H12F3N. The predicted octanol–water partition coefficient (Wildman–Crippen LogP) is 3.37. The van der Waals surface area contributed by atoms with Crippen LogP contribution in [0.5, 0.6) is 0 Å². The predicted molar refractivity (Wildman–Crippen MR) is 53.0 cm³/mol. The highest BCUT2D eigenvalue weighted by molar-refractivity contribution is 5.58. The Morgan fingerprint density at radius 2 is 2.00 bits per heavy atom. The molecule has 82 valence electrons. The maximum atomic E-state index is 12.5. The van der Waals surface area contributed by atoms with Crippen LogP contribution in [0.25, 0.3) is 0 Å². The summed E-state index contributed by atoms with van der Waals surface area (Å²) in [6, 6.07) is 2.44. The van der Waals surface area contributed by atoms with E-state index in [4.69, 9.17) is 0 Å². The van der Waals surface area contributed by atoms with Gasteiger partial charge >= 0.3 is 6.18 Å². The van der Waals surface area contributed by atoms with Gasteiger partial charge in [-0.15, -0.1) is 0 Å². The normalized spacial score (nSPS) is 15.7. The number of hydrogen-bond donors (Lipinski definition) is 1. The van der Waals surface area contributed by atoms with Crippen LogP contribution in [0.3, 0.4) is 0 Å². The Labute approximate surface area is 86.3 Å². The number of halogens is 3. The molecule has 0 spiro atoms. The fraction of sp³-hybridized carbons (Fsp3) is 0.455. The van der Waals surface area contributed by atoms with E-state index in [1.807, 2.05) is 0 Å². The Hall–Kier alpha value is -1.19. The minimum Gasteiger partial charge on any atom is -0.385 e. The van der Waals surface area contributed by atoms with Crippen LogP contribution in [-0.2, 0) is 12.6 Å². The number of hydrogen-bond acceptors (Lipinski definition) is 1. The highest BCUT2D eigenvalue weighted by Gasteiger charge is 2.32. The van der Waals surface area contributed by atoms with E-state index in [1.165, 1.54) is 12.1 Å². The average Bonchev–Trinajstić information content (AvgIpc) is 2.16. The SMILES string of the molecule is Cc1cc(C(F)(F)F)cc2c1CCCN2. The molecule has 0 saturated heterocycles. The monoisotopic (exact) mass is 215 g/mol. The lowest BCUT2D eigenvalue weighted by atomic mass is 9.96. The number of fused-ring (bicyclic) bond motifs is 1. The summed E-state index contributed by atoms with van der Waals surface area (Å²) in [6.07, 6.45) is -2.40. The molecule has 0 aliphatic carbocycles. The molecule has 1 heterocycles. The molecule has 1 aromatic rings. The smallest absolute Gasteiger partial charge is 0.385 e. The van der Waals surface area contributed by atoms with Crippen molar-refractivity contribution in [2.45, 2.75) is 25.9 Å². The third kappa shape index (κ3) is 1.94. The van der Waals surface area contributed by atoms with Crippen LogP contribution in [0.4, 0.5) is 18.9 Å². The van der Waals surface area contributed by atoms with E-state index in [0.29, 0.717) is 5.69 Å². The molecule has 0 saturated carbocycles. The highest BCUT2D eigenvalue weighted by atomic mass is 19.4. The lowest BCUT2D eigenvalue weighted by Crippen LogP contribution is -2.15. The van der Waals surface area contributed by atoms with Crippen LogP contribution in [0.15, 0.2) is 12.1 Å². The molecule has 1 aromatic carbocycles. The average molecular weight is 215 g/mol. The van der Waals surface area contributed by atoms with E-state index in [2.05, 4.69) is 5.32 Å². The lowest BCUT2D eigenvalue weighted by Gasteiger charge is -2.21. The molecule has 1 aliphatic heterocycles. The van der Waals surface area contributed by atoms with Gasteiger partial charge in [0.1, 0.15) is 0 Å². The van der Waals surface area contributed by atoms with Crippen molar-refractivity contribution in [1.29, 1.82) is 0 Å². The molecule has 0 bridgehead atoms. The van der Waals surface area contributed by atoms with Gasteiger partial charge in [0.15, 0.2) is 0 Å². The molecule has 2 rings (SSSR count). The van der Waals surface area contributed by atoms with Crippen LogP contribution in [0.2, 0.25) is 0 Å². The lowest BCUT2D eigenvalue weighted by molar-refractivity contribution is -0.137. The van der Waals surface area contributed by atoms with Gasteiger partial charge in [-0.1, -0.05) is 0 Å². The molecule has 1 aliphatic rings. The van der Waals surface area contributed by atoms with Crippen molar-refractivity contribution in [1.82, 2.24) is 0 Å². The quantitative estimate of drug-likeness (QED) is 0.699. The molecule has 0 radical (unpaired) electrons. The zero-order valence-electron chi connectivity index (χ0n) is 8.41. The minimum atomic E-state index is -4.25. The zero-order chi connectivity index (χ0) is 11.1. The number of benzene rings is 1. The van der Waals surface area contributed by atoms with E-state index >= 15 is 0 Å². The van der Waals surface area contributed by atoms with E-state index in [1.54, 1.807) is 6.92 Å². The first-order valence-corrected chi connectivity index (χ1v) is 4.93. The fourth-order valence-corrected chi connectivity index (χ4v) is 1.96. The molecule has 4 heteroatoms. The summed E-state index contributed by atoms with van der Waals surface area (Å²) in [5.74, 6) is 0. The second kappa shape index (κ2) is 3.43. The van der Waals surface area contributed by atoms with Crippen LogP contribution in [0.1, 0.15) is 23.1 Å². The molecule has 0 unspecified atom stereocenters. The van der Waals surface area contributed by atoms with Crippen molar-refractivity contribution in [2.24, 2.45) is 0 Å². The standard InChI is InChI=1S/C11H12F3N/c1-7-5-8(11(12,13)14)6-10-9(7)3-2-4-15-10/h5-6,15H,2-4H2,1H3. The van der Waals surface area contributed by atoms with Crippen molar-refractivity contribution >= 4 is 5.69 Å². The van der Waals surface area contributed by atoms with Gasteiger partial charge in [0.2, 0.25) is 0 Å². The Morgan fingerprint density at radius 3 is 2.67 bits per heavy atom. The summed E-state index contributed by atoms with van der Waals surface area (Å²) in [4.78, 5) is 0. The van der Waals surface area contributed by atoms with Crippen molar-refractivity contribution in [3.63, 3.8) is 0 Å². The molecule has 0 fully saturated rings. The third-order valence-corrected chi connectivity index (χ3v) is 2.72. The highest BCUT2D eigenvalue weighted by Crippen LogP contribution is 2.35. The largest absolute Gasteiger partial charge is 0.416 e. The molecule has 1 nitrogen and oxygen atoms in total. The van der Waals surface area contributed by atoms with Crippen molar-refractivity contribution in [3.8, 4) is 0 Å². The number of nitrogens with one attached hydrogen (secondary N) is 1. The zero-order valence-corrected chi connectivity index (χ0v) is 8.41. The first-order valence-electron chi connectivity index (χ1n) is 4.93. The Morgan fingerprint density at radius 1 is 1.27 bits per heavy atom. The molecule has 0 amide bonds.